The maximum absolute atomic E-state index is 13.2. The fraction of sp³-hybridized carbons (Fsp3) is 0.391. The van der Waals surface area contributed by atoms with Crippen LogP contribution >= 0.6 is 11.6 Å². The Hall–Kier alpha value is -3.13. The summed E-state index contributed by atoms with van der Waals surface area (Å²) in [6, 6.07) is 11.4. The van der Waals surface area contributed by atoms with Crippen LogP contribution in [0.3, 0.4) is 0 Å². The van der Waals surface area contributed by atoms with Crippen LogP contribution in [0.5, 0.6) is 0 Å². The summed E-state index contributed by atoms with van der Waals surface area (Å²) >= 11 is 5.83. The number of rotatable bonds is 6. The van der Waals surface area contributed by atoms with Gasteiger partial charge in [-0.2, -0.15) is 0 Å². The first-order chi connectivity index (χ1) is 15.2. The van der Waals surface area contributed by atoms with Crippen LogP contribution in [-0.2, 0) is 4.79 Å². The van der Waals surface area contributed by atoms with Crippen molar-refractivity contribution < 1.29 is 14.5 Å². The quantitative estimate of drug-likeness (QED) is 0.526. The van der Waals surface area contributed by atoms with Gasteiger partial charge in [-0.05, 0) is 42.7 Å². The molecule has 0 saturated carbocycles. The molecule has 0 spiro atoms. The summed E-state index contributed by atoms with van der Waals surface area (Å²) in [5.41, 5.74) is 2.06. The van der Waals surface area contributed by atoms with Crippen LogP contribution in [-0.4, -0.2) is 53.9 Å². The Morgan fingerprint density at radius 3 is 2.38 bits per heavy atom. The van der Waals surface area contributed by atoms with Crippen LogP contribution < -0.4 is 10.2 Å². The molecule has 0 bridgehead atoms. The van der Waals surface area contributed by atoms with Crippen molar-refractivity contribution in [3.8, 4) is 0 Å². The largest absolute Gasteiger partial charge is 0.368 e. The average molecular weight is 459 g/mol. The van der Waals surface area contributed by atoms with E-state index in [1.54, 1.807) is 4.90 Å². The Bertz CT molecular complexity index is 1020. The van der Waals surface area contributed by atoms with Crippen LogP contribution in [0.4, 0.5) is 11.4 Å². The molecule has 32 heavy (non-hydrogen) atoms. The minimum atomic E-state index is -0.734. The van der Waals surface area contributed by atoms with Gasteiger partial charge in [0, 0.05) is 43.5 Å². The summed E-state index contributed by atoms with van der Waals surface area (Å²) in [5, 5.41) is 13.8. The van der Waals surface area contributed by atoms with E-state index >= 15 is 0 Å². The SMILES string of the molecule is Cc1cccc(N2CCN(C(=O)C(NC(=O)c3ccc(Cl)c([N+](=O)[O-])c3)C(C)C)CC2)c1. The first-order valence-corrected chi connectivity index (χ1v) is 10.9. The maximum atomic E-state index is 13.2. The van der Waals surface area contributed by atoms with Gasteiger partial charge >= 0.3 is 0 Å². The van der Waals surface area contributed by atoms with Crippen LogP contribution in [0.2, 0.25) is 5.02 Å². The zero-order chi connectivity index (χ0) is 23.4. The minimum absolute atomic E-state index is 0.0467. The molecule has 1 aliphatic heterocycles. The number of piperazine rings is 1. The van der Waals surface area contributed by atoms with Gasteiger partial charge in [0.05, 0.1) is 4.92 Å². The van der Waals surface area contributed by atoms with Crippen LogP contribution in [0.15, 0.2) is 42.5 Å². The maximum Gasteiger partial charge on any atom is 0.288 e. The van der Waals surface area contributed by atoms with Crippen molar-refractivity contribution in [3.63, 3.8) is 0 Å². The molecule has 2 aromatic carbocycles. The third kappa shape index (κ3) is 5.37. The van der Waals surface area contributed by atoms with Gasteiger partial charge in [-0.1, -0.05) is 37.6 Å². The van der Waals surface area contributed by atoms with Crippen LogP contribution in [0.25, 0.3) is 0 Å². The molecule has 170 valence electrons. The molecule has 2 amide bonds. The lowest BCUT2D eigenvalue weighted by Crippen LogP contribution is -2.56. The number of halogens is 1. The fourth-order valence-electron chi connectivity index (χ4n) is 3.74. The van der Waals surface area contributed by atoms with Gasteiger partial charge in [0.2, 0.25) is 5.91 Å². The van der Waals surface area contributed by atoms with Crippen molar-refractivity contribution in [1.29, 1.82) is 0 Å². The van der Waals surface area contributed by atoms with Gasteiger partial charge in [0.1, 0.15) is 11.1 Å². The zero-order valence-corrected chi connectivity index (χ0v) is 19.1. The summed E-state index contributed by atoms with van der Waals surface area (Å²) in [6.07, 6.45) is 0. The van der Waals surface area contributed by atoms with E-state index in [2.05, 4.69) is 35.3 Å². The molecule has 1 unspecified atom stereocenters. The number of hydrogen-bond donors (Lipinski definition) is 1. The van der Waals surface area contributed by atoms with Crippen molar-refractivity contribution >= 4 is 34.8 Å². The van der Waals surface area contributed by atoms with E-state index in [1.165, 1.54) is 17.7 Å². The van der Waals surface area contributed by atoms with Crippen LogP contribution in [0, 0.1) is 23.0 Å². The Balaban J connectivity index is 1.67. The number of nitro groups is 1. The lowest BCUT2D eigenvalue weighted by atomic mass is 10.0. The molecule has 1 fully saturated rings. The predicted octanol–water partition coefficient (Wildman–Crippen LogP) is 3.66. The summed E-state index contributed by atoms with van der Waals surface area (Å²) in [7, 11) is 0. The highest BCUT2D eigenvalue weighted by Crippen LogP contribution is 2.25. The molecule has 9 heteroatoms. The lowest BCUT2D eigenvalue weighted by Gasteiger charge is -2.38. The second-order valence-corrected chi connectivity index (χ2v) is 8.68. The molecule has 0 aromatic heterocycles. The zero-order valence-electron chi connectivity index (χ0n) is 18.4. The normalized spacial score (nSPS) is 14.9. The molecule has 0 radical (unpaired) electrons. The van der Waals surface area contributed by atoms with E-state index in [-0.39, 0.29) is 28.1 Å². The van der Waals surface area contributed by atoms with E-state index < -0.39 is 16.9 Å². The van der Waals surface area contributed by atoms with Crippen molar-refractivity contribution in [2.24, 2.45) is 5.92 Å². The summed E-state index contributed by atoms with van der Waals surface area (Å²) < 4.78 is 0. The molecule has 8 nitrogen and oxygen atoms in total. The highest BCUT2D eigenvalue weighted by Gasteiger charge is 2.31. The van der Waals surface area contributed by atoms with E-state index in [1.807, 2.05) is 19.9 Å². The number of benzene rings is 2. The van der Waals surface area contributed by atoms with E-state index in [9.17, 15) is 19.7 Å². The molecule has 2 aromatic rings. The number of aryl methyl sites for hydroxylation is 1. The number of nitro benzene ring substituents is 1. The van der Waals surface area contributed by atoms with Crippen molar-refractivity contribution in [2.45, 2.75) is 26.8 Å². The summed E-state index contributed by atoms with van der Waals surface area (Å²) in [4.78, 5) is 40.4. The topological polar surface area (TPSA) is 95.8 Å². The first kappa shape index (κ1) is 23.5. The Labute approximate surface area is 192 Å². The predicted molar refractivity (Wildman–Crippen MR) is 124 cm³/mol. The van der Waals surface area contributed by atoms with Gasteiger partial charge in [-0.3, -0.25) is 19.7 Å². The van der Waals surface area contributed by atoms with Gasteiger partial charge in [-0.25, -0.2) is 0 Å². The molecular formula is C23H27ClN4O4. The second kappa shape index (κ2) is 9.99. The summed E-state index contributed by atoms with van der Waals surface area (Å²) in [5.74, 6) is -0.848. The molecule has 1 saturated heterocycles. The number of anilines is 1. The van der Waals surface area contributed by atoms with Gasteiger partial charge in [-0.15, -0.1) is 0 Å². The first-order valence-electron chi connectivity index (χ1n) is 10.5. The fourth-order valence-corrected chi connectivity index (χ4v) is 3.92. The number of hydrogen-bond acceptors (Lipinski definition) is 5. The van der Waals surface area contributed by atoms with E-state index in [0.717, 1.165) is 11.8 Å². The minimum Gasteiger partial charge on any atom is -0.368 e. The van der Waals surface area contributed by atoms with Crippen LogP contribution in [0.1, 0.15) is 29.8 Å². The van der Waals surface area contributed by atoms with Crippen molar-refractivity contribution in [1.82, 2.24) is 10.2 Å². The Kier molecular flexibility index (Phi) is 7.35. The highest BCUT2D eigenvalue weighted by atomic mass is 35.5. The average Bonchev–Trinajstić information content (AvgIpc) is 2.77. The highest BCUT2D eigenvalue weighted by molar-refractivity contribution is 6.32. The third-order valence-electron chi connectivity index (χ3n) is 5.58. The standard InChI is InChI=1S/C23H27ClN4O4/c1-15(2)21(25-22(29)17-7-8-19(24)20(14-17)28(31)32)23(30)27-11-9-26(10-12-27)18-6-4-5-16(3)13-18/h4-8,13-15,21H,9-12H2,1-3H3,(H,25,29). The van der Waals surface area contributed by atoms with Gasteiger partial charge < -0.3 is 15.1 Å². The van der Waals surface area contributed by atoms with Crippen molar-refractivity contribution in [2.75, 3.05) is 31.1 Å². The third-order valence-corrected chi connectivity index (χ3v) is 5.90. The van der Waals surface area contributed by atoms with E-state index in [4.69, 9.17) is 11.6 Å². The molecule has 1 aliphatic rings. The number of carbonyl (C=O) groups excluding carboxylic acids is 2. The summed E-state index contributed by atoms with van der Waals surface area (Å²) in [6.45, 7) is 8.28. The van der Waals surface area contributed by atoms with Gasteiger partial charge in [0.25, 0.3) is 11.6 Å². The number of amides is 2. The molecular weight excluding hydrogens is 432 g/mol. The Morgan fingerprint density at radius 2 is 1.78 bits per heavy atom. The second-order valence-electron chi connectivity index (χ2n) is 8.27. The number of nitrogens with zero attached hydrogens (tertiary/aromatic N) is 3. The smallest absolute Gasteiger partial charge is 0.288 e. The molecule has 1 N–H and O–H groups in total. The van der Waals surface area contributed by atoms with Gasteiger partial charge in [0.15, 0.2) is 0 Å². The monoisotopic (exact) mass is 458 g/mol. The number of nitrogens with one attached hydrogen (secondary N) is 1. The van der Waals surface area contributed by atoms with Crippen molar-refractivity contribution in [3.05, 3.63) is 68.7 Å². The molecule has 1 heterocycles. The molecule has 3 rings (SSSR count). The molecule has 0 aliphatic carbocycles. The van der Waals surface area contributed by atoms with E-state index in [0.29, 0.717) is 26.2 Å². The molecule has 1 atom stereocenters. The lowest BCUT2D eigenvalue weighted by molar-refractivity contribution is -0.384. The number of carbonyl (C=O) groups is 2. The Morgan fingerprint density at radius 1 is 1.09 bits per heavy atom.